The van der Waals surface area contributed by atoms with E-state index in [0.29, 0.717) is 5.69 Å². The second-order valence-electron chi connectivity index (χ2n) is 9.87. The van der Waals surface area contributed by atoms with Gasteiger partial charge in [0.1, 0.15) is 5.75 Å². The summed E-state index contributed by atoms with van der Waals surface area (Å²) in [6, 6.07) is 30.8. The Morgan fingerprint density at radius 1 is 0.865 bits per heavy atom. The minimum atomic E-state index is -3.74. The highest BCUT2D eigenvalue weighted by Gasteiger charge is 2.64. The van der Waals surface area contributed by atoms with Crippen molar-refractivity contribution >= 4 is 27.5 Å². The normalized spacial score (nSPS) is 21.9. The number of ether oxygens (including phenoxy) is 1. The van der Waals surface area contributed by atoms with E-state index in [9.17, 15) is 8.42 Å². The molecule has 186 valence electrons. The third-order valence-corrected chi connectivity index (χ3v) is 9.08. The molecule has 0 unspecified atom stereocenters. The molecule has 4 aromatic carbocycles. The molecule has 0 saturated heterocycles. The van der Waals surface area contributed by atoms with Crippen LogP contribution in [0.2, 0.25) is 0 Å². The fraction of sp³-hybridized carbons (Fsp3) is 0.161. The van der Waals surface area contributed by atoms with Crippen molar-refractivity contribution in [2.45, 2.75) is 29.9 Å². The Balaban J connectivity index is 1.46. The van der Waals surface area contributed by atoms with Crippen LogP contribution in [-0.2, 0) is 15.4 Å². The molecule has 4 aromatic rings. The second-order valence-corrected chi connectivity index (χ2v) is 11.6. The Labute approximate surface area is 218 Å². The minimum Gasteiger partial charge on any atom is -0.463 e. The van der Waals surface area contributed by atoms with Gasteiger partial charge in [-0.3, -0.25) is 4.72 Å². The summed E-state index contributed by atoms with van der Waals surface area (Å²) in [6.45, 7) is 4.11. The highest BCUT2D eigenvalue weighted by Crippen LogP contribution is 2.62. The van der Waals surface area contributed by atoms with Crippen molar-refractivity contribution in [2.24, 2.45) is 0 Å². The average molecular weight is 509 g/mol. The highest BCUT2D eigenvalue weighted by molar-refractivity contribution is 7.92. The number of para-hydroxylation sites is 1. The standard InChI is InChI=1S/C31H28N2O3S/c1-22-13-16-25(17-14-22)37(34,35)32-24-15-18-29-27(21-24)30(2)26-11-7-8-12-28(26)33(3)31(30,36-29)20-19-23-9-5-4-6-10-23/h4-21,32H,1-3H3/b20-19+/t30-,31+/m0/s1. The van der Waals surface area contributed by atoms with Gasteiger partial charge in [-0.2, -0.15) is 0 Å². The van der Waals surface area contributed by atoms with Crippen molar-refractivity contribution in [3.8, 4) is 5.75 Å². The van der Waals surface area contributed by atoms with Crippen molar-refractivity contribution in [1.82, 2.24) is 0 Å². The van der Waals surface area contributed by atoms with Gasteiger partial charge < -0.3 is 9.64 Å². The van der Waals surface area contributed by atoms with E-state index in [1.54, 1.807) is 30.3 Å². The Bertz CT molecular complexity index is 1630. The number of rotatable bonds is 5. The molecule has 0 saturated carbocycles. The zero-order valence-electron chi connectivity index (χ0n) is 21.0. The number of sulfonamides is 1. The number of benzene rings is 4. The maximum Gasteiger partial charge on any atom is 0.261 e. The SMILES string of the molecule is Cc1ccc(S(=O)(=O)Nc2ccc3c(c2)[C@]2(C)c4ccccc4N(C)[C@]2(/C=C/c2ccccc2)O3)cc1. The lowest BCUT2D eigenvalue weighted by Gasteiger charge is -2.39. The number of anilines is 2. The molecule has 6 rings (SSSR count). The summed E-state index contributed by atoms with van der Waals surface area (Å²) >= 11 is 0. The van der Waals surface area contributed by atoms with Gasteiger partial charge in [0.2, 0.25) is 5.72 Å². The first-order chi connectivity index (χ1) is 17.7. The second kappa shape index (κ2) is 8.25. The van der Waals surface area contributed by atoms with Crippen molar-refractivity contribution in [2.75, 3.05) is 16.7 Å². The molecule has 0 spiro atoms. The summed E-state index contributed by atoms with van der Waals surface area (Å²) in [5.41, 5.74) is 4.34. The van der Waals surface area contributed by atoms with Gasteiger partial charge in [-0.1, -0.05) is 72.3 Å². The van der Waals surface area contributed by atoms with Gasteiger partial charge >= 0.3 is 0 Å². The van der Waals surface area contributed by atoms with Crippen molar-refractivity contribution in [1.29, 1.82) is 0 Å². The van der Waals surface area contributed by atoms with Crippen LogP contribution < -0.4 is 14.4 Å². The number of nitrogens with one attached hydrogen (secondary N) is 1. The van der Waals surface area contributed by atoms with Crippen LogP contribution in [0.25, 0.3) is 6.08 Å². The van der Waals surface area contributed by atoms with E-state index in [4.69, 9.17) is 4.74 Å². The molecule has 0 fully saturated rings. The third-order valence-electron chi connectivity index (χ3n) is 7.69. The number of aryl methyl sites for hydroxylation is 1. The molecule has 1 N–H and O–H groups in total. The summed E-state index contributed by atoms with van der Waals surface area (Å²) in [7, 11) is -1.69. The Hall–Kier alpha value is -4.03. The smallest absolute Gasteiger partial charge is 0.261 e. The zero-order valence-corrected chi connectivity index (χ0v) is 21.8. The fourth-order valence-electron chi connectivity index (χ4n) is 5.66. The van der Waals surface area contributed by atoms with Crippen molar-refractivity contribution < 1.29 is 13.2 Å². The monoisotopic (exact) mass is 508 g/mol. The van der Waals surface area contributed by atoms with Crippen LogP contribution in [0.3, 0.4) is 0 Å². The molecule has 2 atom stereocenters. The Morgan fingerprint density at radius 2 is 1.57 bits per heavy atom. The molecular weight excluding hydrogens is 480 g/mol. The maximum atomic E-state index is 13.1. The van der Waals surface area contributed by atoms with E-state index in [1.165, 1.54) is 0 Å². The van der Waals surface area contributed by atoms with Crippen LogP contribution in [0.15, 0.2) is 108 Å². The van der Waals surface area contributed by atoms with Gasteiger partial charge in [0.25, 0.3) is 10.0 Å². The van der Waals surface area contributed by atoms with Gasteiger partial charge in [0.05, 0.1) is 10.3 Å². The summed E-state index contributed by atoms with van der Waals surface area (Å²) in [4.78, 5) is 2.41. The van der Waals surface area contributed by atoms with E-state index in [2.05, 4.69) is 53.0 Å². The molecule has 5 nitrogen and oxygen atoms in total. The van der Waals surface area contributed by atoms with Gasteiger partial charge in [0, 0.05) is 24.0 Å². The molecule has 2 heterocycles. The van der Waals surface area contributed by atoms with Crippen LogP contribution >= 0.6 is 0 Å². The molecular formula is C31H28N2O3S. The zero-order chi connectivity index (χ0) is 25.8. The van der Waals surface area contributed by atoms with Gasteiger partial charge in [-0.05, 0) is 67.4 Å². The first kappa shape index (κ1) is 23.4. The molecule has 0 aromatic heterocycles. The van der Waals surface area contributed by atoms with Gasteiger partial charge in [-0.25, -0.2) is 8.42 Å². The maximum absolute atomic E-state index is 13.1. The highest BCUT2D eigenvalue weighted by atomic mass is 32.2. The van der Waals surface area contributed by atoms with E-state index >= 15 is 0 Å². The third kappa shape index (κ3) is 3.47. The lowest BCUT2D eigenvalue weighted by Crippen LogP contribution is -2.55. The predicted octanol–water partition coefficient (Wildman–Crippen LogP) is 6.35. The summed E-state index contributed by atoms with van der Waals surface area (Å²) < 4.78 is 35.8. The first-order valence-corrected chi connectivity index (χ1v) is 13.7. The van der Waals surface area contributed by atoms with Crippen LogP contribution in [0.4, 0.5) is 11.4 Å². The molecule has 0 amide bonds. The molecule has 2 aliphatic rings. The van der Waals surface area contributed by atoms with E-state index < -0.39 is 21.2 Å². The molecule has 37 heavy (non-hydrogen) atoms. The number of nitrogens with zero attached hydrogens (tertiary/aromatic N) is 1. The topological polar surface area (TPSA) is 58.6 Å². The molecule has 0 radical (unpaired) electrons. The van der Waals surface area contributed by atoms with Crippen molar-refractivity contribution in [3.05, 3.63) is 125 Å². The van der Waals surface area contributed by atoms with Gasteiger partial charge in [-0.15, -0.1) is 0 Å². The molecule has 0 bridgehead atoms. The van der Waals surface area contributed by atoms with Crippen LogP contribution in [0.1, 0.15) is 29.2 Å². The van der Waals surface area contributed by atoms with Crippen LogP contribution in [-0.4, -0.2) is 21.2 Å². The summed E-state index contributed by atoms with van der Waals surface area (Å²) in [6.07, 6.45) is 4.21. The summed E-state index contributed by atoms with van der Waals surface area (Å²) in [5.74, 6) is 0.736. The lowest BCUT2D eigenvalue weighted by molar-refractivity contribution is 0.107. The number of fused-ring (bicyclic) bond motifs is 5. The fourth-order valence-corrected chi connectivity index (χ4v) is 6.71. The number of hydrogen-bond acceptors (Lipinski definition) is 4. The number of hydrogen-bond donors (Lipinski definition) is 1. The van der Waals surface area contributed by atoms with E-state index in [0.717, 1.165) is 33.7 Å². The van der Waals surface area contributed by atoms with Crippen LogP contribution in [0, 0.1) is 6.92 Å². The quantitative estimate of drug-likeness (QED) is 0.341. The molecule has 6 heteroatoms. The Kier molecular flexibility index (Phi) is 5.21. The van der Waals surface area contributed by atoms with Crippen LogP contribution in [0.5, 0.6) is 5.75 Å². The minimum absolute atomic E-state index is 0.229. The van der Waals surface area contributed by atoms with Gasteiger partial charge in [0.15, 0.2) is 0 Å². The van der Waals surface area contributed by atoms with E-state index in [-0.39, 0.29) is 4.90 Å². The predicted molar refractivity (Wildman–Crippen MR) is 149 cm³/mol. The summed E-state index contributed by atoms with van der Waals surface area (Å²) in [5, 5.41) is 0. The average Bonchev–Trinajstić information content (AvgIpc) is 3.26. The number of likely N-dealkylation sites (N-methyl/N-ethyl adjacent to an activating group) is 1. The molecule has 2 aliphatic heterocycles. The Morgan fingerprint density at radius 3 is 2.32 bits per heavy atom. The van der Waals surface area contributed by atoms with E-state index in [1.807, 2.05) is 56.4 Å². The van der Waals surface area contributed by atoms with Crippen molar-refractivity contribution in [3.63, 3.8) is 0 Å². The first-order valence-electron chi connectivity index (χ1n) is 12.3. The largest absolute Gasteiger partial charge is 0.463 e. The molecule has 0 aliphatic carbocycles. The lowest BCUT2D eigenvalue weighted by atomic mass is 9.71.